The van der Waals surface area contributed by atoms with Gasteiger partial charge in [-0.15, -0.1) is 0 Å². The van der Waals surface area contributed by atoms with Crippen LogP contribution in [0.15, 0.2) is 30.7 Å². The number of nitrogens with one attached hydrogen (secondary N) is 1. The summed E-state index contributed by atoms with van der Waals surface area (Å²) in [4.78, 5) is 21.2. The van der Waals surface area contributed by atoms with Crippen LogP contribution in [-0.4, -0.2) is 33.8 Å². The van der Waals surface area contributed by atoms with Gasteiger partial charge >= 0.3 is 0 Å². The first-order valence-corrected chi connectivity index (χ1v) is 8.95. The molecule has 0 bridgehead atoms. The molecule has 2 aromatic heterocycles. The van der Waals surface area contributed by atoms with Crippen molar-refractivity contribution in [3.8, 4) is 11.5 Å². The number of anilines is 1. The Balaban J connectivity index is 1.52. The van der Waals surface area contributed by atoms with Crippen LogP contribution in [0.4, 0.5) is 5.82 Å². The van der Waals surface area contributed by atoms with E-state index in [9.17, 15) is 4.79 Å². The fraction of sp³-hybridized carbons (Fsp3) is 0.316. The maximum atomic E-state index is 12.9. The molecule has 27 heavy (non-hydrogen) atoms. The number of fused-ring (bicyclic) bond motifs is 2. The standard InChI is InChI=1S/C19H19N5O3/c20-18-13-8-24(7-12-3-4-14-15(5-12)27-10-26-14)17(16(13)22-9-23-18)19(25)21-6-11-1-2-11/h3-5,8-9,11H,1-2,6-7,10H2,(H,21,25)(H2,20,22,23). The van der Waals surface area contributed by atoms with Crippen LogP contribution in [0.2, 0.25) is 0 Å². The molecule has 1 fully saturated rings. The van der Waals surface area contributed by atoms with Gasteiger partial charge in [-0.3, -0.25) is 4.79 Å². The zero-order chi connectivity index (χ0) is 18.4. The number of ether oxygens (including phenoxy) is 2. The summed E-state index contributed by atoms with van der Waals surface area (Å²) in [5.74, 6) is 2.26. The summed E-state index contributed by atoms with van der Waals surface area (Å²) >= 11 is 0. The van der Waals surface area contributed by atoms with Crippen molar-refractivity contribution in [2.24, 2.45) is 5.92 Å². The van der Waals surface area contributed by atoms with E-state index in [-0.39, 0.29) is 12.7 Å². The zero-order valence-electron chi connectivity index (χ0n) is 14.6. The van der Waals surface area contributed by atoms with Gasteiger partial charge in [0.15, 0.2) is 11.5 Å². The Bertz CT molecular complexity index is 1040. The summed E-state index contributed by atoms with van der Waals surface area (Å²) in [5.41, 5.74) is 8.06. The fourth-order valence-electron chi connectivity index (χ4n) is 3.32. The van der Waals surface area contributed by atoms with Gasteiger partial charge in [0, 0.05) is 19.3 Å². The van der Waals surface area contributed by atoms with Crippen molar-refractivity contribution < 1.29 is 14.3 Å². The molecule has 0 radical (unpaired) electrons. The molecule has 1 aliphatic carbocycles. The SMILES string of the molecule is Nc1ncnc2c(C(=O)NCC3CC3)n(Cc3ccc4c(c3)OCO4)cc12. The first-order valence-electron chi connectivity index (χ1n) is 8.95. The van der Waals surface area contributed by atoms with Crippen molar-refractivity contribution in [1.82, 2.24) is 19.9 Å². The molecule has 3 aromatic rings. The third-order valence-electron chi connectivity index (χ3n) is 4.96. The second-order valence-electron chi connectivity index (χ2n) is 6.97. The maximum Gasteiger partial charge on any atom is 0.270 e. The van der Waals surface area contributed by atoms with E-state index < -0.39 is 0 Å². The number of nitrogens with two attached hydrogens (primary N) is 1. The highest BCUT2D eigenvalue weighted by molar-refractivity contribution is 6.07. The molecule has 5 rings (SSSR count). The van der Waals surface area contributed by atoms with Gasteiger partial charge in [0.2, 0.25) is 6.79 Å². The largest absolute Gasteiger partial charge is 0.454 e. The second kappa shape index (κ2) is 6.15. The van der Waals surface area contributed by atoms with Gasteiger partial charge in [-0.25, -0.2) is 9.97 Å². The molecule has 1 aliphatic heterocycles. The Morgan fingerprint density at radius 2 is 2.11 bits per heavy atom. The average Bonchev–Trinajstić information content (AvgIpc) is 3.25. The summed E-state index contributed by atoms with van der Waals surface area (Å²) in [6, 6.07) is 5.76. The molecule has 1 saturated carbocycles. The van der Waals surface area contributed by atoms with Crippen LogP contribution in [0.3, 0.4) is 0 Å². The number of nitrogens with zero attached hydrogens (tertiary/aromatic N) is 3. The first kappa shape index (κ1) is 15.9. The molecule has 0 saturated heterocycles. The first-order chi connectivity index (χ1) is 13.2. The van der Waals surface area contributed by atoms with Crippen molar-refractivity contribution in [3.05, 3.63) is 42.0 Å². The quantitative estimate of drug-likeness (QED) is 0.716. The van der Waals surface area contributed by atoms with Crippen molar-refractivity contribution in [2.75, 3.05) is 19.1 Å². The number of rotatable bonds is 5. The van der Waals surface area contributed by atoms with Crippen LogP contribution in [0.25, 0.3) is 10.9 Å². The third kappa shape index (κ3) is 2.92. The fourth-order valence-corrected chi connectivity index (χ4v) is 3.32. The summed E-state index contributed by atoms with van der Waals surface area (Å²) in [5, 5.41) is 3.70. The smallest absolute Gasteiger partial charge is 0.270 e. The highest BCUT2D eigenvalue weighted by Gasteiger charge is 2.25. The minimum absolute atomic E-state index is 0.143. The normalized spacial score (nSPS) is 15.3. The van der Waals surface area contributed by atoms with Gasteiger partial charge < -0.3 is 25.1 Å². The number of nitrogen functional groups attached to an aromatic ring is 1. The van der Waals surface area contributed by atoms with Gasteiger partial charge in [0.1, 0.15) is 23.4 Å². The van der Waals surface area contributed by atoms with Crippen molar-refractivity contribution in [3.63, 3.8) is 0 Å². The number of hydrogen-bond acceptors (Lipinski definition) is 6. The van der Waals surface area contributed by atoms with Gasteiger partial charge in [0.05, 0.1) is 5.39 Å². The Kier molecular flexibility index (Phi) is 3.63. The molecule has 1 amide bonds. The summed E-state index contributed by atoms with van der Waals surface area (Å²) in [6.45, 7) is 1.40. The molecular formula is C19H19N5O3. The third-order valence-corrected chi connectivity index (χ3v) is 4.96. The minimum Gasteiger partial charge on any atom is -0.454 e. The van der Waals surface area contributed by atoms with Gasteiger partial charge in [-0.05, 0) is 36.5 Å². The molecule has 0 spiro atoms. The number of carbonyl (C=O) groups excluding carboxylic acids is 1. The molecule has 3 N–H and O–H groups in total. The van der Waals surface area contributed by atoms with Crippen molar-refractivity contribution in [1.29, 1.82) is 0 Å². The molecule has 3 heterocycles. The van der Waals surface area contributed by atoms with Crippen LogP contribution in [0.1, 0.15) is 28.9 Å². The van der Waals surface area contributed by atoms with Crippen molar-refractivity contribution >= 4 is 22.6 Å². The van der Waals surface area contributed by atoms with E-state index in [1.165, 1.54) is 19.2 Å². The molecule has 0 atom stereocenters. The predicted octanol–water partition coefficient (Wildman–Crippen LogP) is 1.93. The summed E-state index contributed by atoms with van der Waals surface area (Å²) in [7, 11) is 0. The van der Waals surface area contributed by atoms with E-state index in [0.29, 0.717) is 47.2 Å². The molecule has 8 nitrogen and oxygen atoms in total. The number of benzene rings is 1. The lowest BCUT2D eigenvalue weighted by Crippen LogP contribution is -2.28. The van der Waals surface area contributed by atoms with Crippen molar-refractivity contribution in [2.45, 2.75) is 19.4 Å². The highest BCUT2D eigenvalue weighted by atomic mass is 16.7. The van der Waals surface area contributed by atoms with E-state index in [1.807, 2.05) is 29.0 Å². The van der Waals surface area contributed by atoms with Crippen LogP contribution < -0.4 is 20.5 Å². The maximum absolute atomic E-state index is 12.9. The van der Waals surface area contributed by atoms with Crippen LogP contribution in [0.5, 0.6) is 11.5 Å². The van der Waals surface area contributed by atoms with Gasteiger partial charge in [-0.2, -0.15) is 0 Å². The summed E-state index contributed by atoms with van der Waals surface area (Å²) < 4.78 is 12.7. The van der Waals surface area contributed by atoms with Gasteiger partial charge in [0.25, 0.3) is 5.91 Å². The second-order valence-corrected chi connectivity index (χ2v) is 6.97. The Morgan fingerprint density at radius 1 is 1.26 bits per heavy atom. The molecular weight excluding hydrogens is 346 g/mol. The molecule has 1 aromatic carbocycles. The summed E-state index contributed by atoms with van der Waals surface area (Å²) in [6.07, 6.45) is 5.57. The lowest BCUT2D eigenvalue weighted by molar-refractivity contribution is 0.0944. The minimum atomic E-state index is -0.143. The van der Waals surface area contributed by atoms with Gasteiger partial charge in [-0.1, -0.05) is 6.07 Å². The predicted molar refractivity (Wildman–Crippen MR) is 98.7 cm³/mol. The Morgan fingerprint density at radius 3 is 2.96 bits per heavy atom. The van der Waals surface area contributed by atoms with E-state index in [4.69, 9.17) is 15.2 Å². The lowest BCUT2D eigenvalue weighted by atomic mass is 10.2. The zero-order valence-corrected chi connectivity index (χ0v) is 14.6. The van der Waals surface area contributed by atoms with E-state index in [1.54, 1.807) is 0 Å². The Hall–Kier alpha value is -3.29. The highest BCUT2D eigenvalue weighted by Crippen LogP contribution is 2.33. The average molecular weight is 365 g/mol. The lowest BCUT2D eigenvalue weighted by Gasteiger charge is -2.10. The Labute approximate surface area is 155 Å². The van der Waals surface area contributed by atoms with E-state index >= 15 is 0 Å². The molecule has 0 unspecified atom stereocenters. The van der Waals surface area contributed by atoms with Crippen LogP contribution >= 0.6 is 0 Å². The number of carbonyl (C=O) groups is 1. The number of aromatic nitrogens is 3. The van der Waals surface area contributed by atoms with Crippen LogP contribution in [-0.2, 0) is 6.54 Å². The van der Waals surface area contributed by atoms with Crippen LogP contribution in [0, 0.1) is 5.92 Å². The van der Waals surface area contributed by atoms with E-state index in [0.717, 1.165) is 11.3 Å². The topological polar surface area (TPSA) is 104 Å². The molecule has 138 valence electrons. The number of hydrogen-bond donors (Lipinski definition) is 2. The monoisotopic (exact) mass is 365 g/mol. The molecule has 8 heteroatoms. The number of amides is 1. The molecule has 2 aliphatic rings. The van der Waals surface area contributed by atoms with E-state index in [2.05, 4.69) is 15.3 Å².